The first-order valence-electron chi connectivity index (χ1n) is 9.00. The minimum Gasteiger partial charge on any atom is -0.451 e. The molecule has 0 unspecified atom stereocenters. The Hall–Kier alpha value is -2.89. The third-order valence-corrected chi connectivity index (χ3v) is 4.80. The molecule has 0 radical (unpaired) electrons. The fourth-order valence-electron chi connectivity index (χ4n) is 3.56. The average Bonchev–Trinajstić information content (AvgIpc) is 3.29. The highest BCUT2D eigenvalue weighted by atomic mass is 16.3. The van der Waals surface area contributed by atoms with Crippen molar-refractivity contribution in [3.8, 4) is 11.4 Å². The van der Waals surface area contributed by atoms with Crippen LogP contribution >= 0.6 is 0 Å². The summed E-state index contributed by atoms with van der Waals surface area (Å²) in [6, 6.07) is 7.75. The van der Waals surface area contributed by atoms with E-state index in [0.29, 0.717) is 13.1 Å². The number of nitrogens with zero attached hydrogens (tertiary/aromatic N) is 4. The molecule has 0 spiro atoms. The van der Waals surface area contributed by atoms with Crippen molar-refractivity contribution in [3.63, 3.8) is 0 Å². The third-order valence-electron chi connectivity index (χ3n) is 4.80. The van der Waals surface area contributed by atoms with Gasteiger partial charge in [0.05, 0.1) is 6.54 Å². The van der Waals surface area contributed by atoms with Crippen molar-refractivity contribution >= 4 is 5.91 Å². The lowest BCUT2D eigenvalue weighted by Gasteiger charge is -2.28. The number of amides is 1. The first-order chi connectivity index (χ1) is 12.7. The van der Waals surface area contributed by atoms with E-state index in [1.807, 2.05) is 36.1 Å². The van der Waals surface area contributed by atoms with E-state index in [1.165, 1.54) is 12.1 Å². The predicted octanol–water partition coefficient (Wildman–Crippen LogP) is 3.46. The van der Waals surface area contributed by atoms with Crippen LogP contribution in [-0.4, -0.2) is 32.1 Å². The van der Waals surface area contributed by atoms with Crippen molar-refractivity contribution in [2.75, 3.05) is 6.54 Å². The summed E-state index contributed by atoms with van der Waals surface area (Å²) in [5.74, 6) is 0.0636. The molecule has 4 rings (SSSR count). The predicted molar refractivity (Wildman–Crippen MR) is 97.6 cm³/mol. The lowest BCUT2D eigenvalue weighted by Crippen LogP contribution is -2.36. The Balaban J connectivity index is 1.68. The second kappa shape index (κ2) is 6.78. The van der Waals surface area contributed by atoms with Gasteiger partial charge in [0.25, 0.3) is 5.91 Å². The number of carbonyl (C=O) groups is 1. The molecule has 2 aromatic heterocycles. The van der Waals surface area contributed by atoms with Gasteiger partial charge in [-0.1, -0.05) is 24.6 Å². The highest BCUT2D eigenvalue weighted by Gasteiger charge is 2.29. The lowest BCUT2D eigenvalue weighted by atomic mass is 10.0. The van der Waals surface area contributed by atoms with Crippen molar-refractivity contribution in [3.05, 3.63) is 59.3 Å². The summed E-state index contributed by atoms with van der Waals surface area (Å²) in [4.78, 5) is 19.1. The largest absolute Gasteiger partial charge is 0.451 e. The molecule has 6 heteroatoms. The van der Waals surface area contributed by atoms with Gasteiger partial charge in [0, 0.05) is 36.3 Å². The molecule has 0 atom stereocenters. The second-order valence-corrected chi connectivity index (χ2v) is 6.72. The van der Waals surface area contributed by atoms with Gasteiger partial charge in [-0.3, -0.25) is 9.48 Å². The number of oxazole rings is 1. The Bertz CT molecular complexity index is 927. The summed E-state index contributed by atoms with van der Waals surface area (Å²) in [7, 11) is 0. The fraction of sp³-hybridized carbons (Fsp3) is 0.350. The van der Waals surface area contributed by atoms with Crippen LogP contribution in [-0.2, 0) is 19.5 Å². The Kier molecular flexibility index (Phi) is 4.32. The maximum absolute atomic E-state index is 13.0. The first-order valence-corrected chi connectivity index (χ1v) is 9.00. The summed E-state index contributed by atoms with van der Waals surface area (Å²) < 4.78 is 7.21. The number of aromatic nitrogens is 3. The summed E-state index contributed by atoms with van der Waals surface area (Å²) in [6.07, 6.45) is 4.84. The number of hydrogen-bond donors (Lipinski definition) is 0. The molecular weight excluding hydrogens is 328 g/mol. The van der Waals surface area contributed by atoms with Gasteiger partial charge in [-0.2, -0.15) is 5.10 Å². The number of fused-ring (bicyclic) bond motifs is 1. The minimum absolute atomic E-state index is 0.0636. The molecule has 0 bridgehead atoms. The fourth-order valence-corrected chi connectivity index (χ4v) is 3.56. The summed E-state index contributed by atoms with van der Waals surface area (Å²) in [5.41, 5.74) is 5.66. The normalized spacial score (nSPS) is 13.7. The third kappa shape index (κ3) is 2.92. The van der Waals surface area contributed by atoms with Gasteiger partial charge in [0.2, 0.25) is 0 Å². The van der Waals surface area contributed by atoms with Crippen LogP contribution in [0.5, 0.6) is 0 Å². The van der Waals surface area contributed by atoms with Crippen LogP contribution in [0.2, 0.25) is 0 Å². The molecular formula is C20H22N4O2. The van der Waals surface area contributed by atoms with Crippen LogP contribution in [0.1, 0.15) is 40.5 Å². The molecule has 1 aliphatic rings. The van der Waals surface area contributed by atoms with Crippen LogP contribution in [0.3, 0.4) is 0 Å². The Labute approximate surface area is 152 Å². The standard InChI is InChI=1S/C20H22N4O2/c1-3-8-24-18-7-9-23(20(25)15-6-4-5-14(2)10-15)11-16(18)19(22-24)17-12-26-13-21-17/h4-6,10,12-13H,3,7-9,11H2,1-2H3. The van der Waals surface area contributed by atoms with Crippen molar-refractivity contribution in [1.82, 2.24) is 19.7 Å². The van der Waals surface area contributed by atoms with Crippen molar-refractivity contribution < 1.29 is 9.21 Å². The van der Waals surface area contributed by atoms with Crippen molar-refractivity contribution in [2.24, 2.45) is 0 Å². The molecule has 1 aromatic carbocycles. The van der Waals surface area contributed by atoms with Crippen LogP contribution in [0.15, 0.2) is 41.3 Å². The highest BCUT2D eigenvalue weighted by Crippen LogP contribution is 2.30. The van der Waals surface area contributed by atoms with E-state index in [0.717, 1.165) is 47.5 Å². The SMILES string of the molecule is CCCn1nc(-c2cocn2)c2c1CCN(C(=O)c1cccc(C)c1)C2. The van der Waals surface area contributed by atoms with Gasteiger partial charge in [0.1, 0.15) is 17.7 Å². The molecule has 0 saturated heterocycles. The lowest BCUT2D eigenvalue weighted by molar-refractivity contribution is 0.0733. The van der Waals surface area contributed by atoms with Gasteiger partial charge in [-0.05, 0) is 25.5 Å². The minimum atomic E-state index is 0.0636. The second-order valence-electron chi connectivity index (χ2n) is 6.72. The number of aryl methyl sites for hydroxylation is 2. The number of rotatable bonds is 4. The quantitative estimate of drug-likeness (QED) is 0.723. The van der Waals surface area contributed by atoms with Gasteiger partial charge in [0.15, 0.2) is 6.39 Å². The molecule has 6 nitrogen and oxygen atoms in total. The molecule has 3 aromatic rings. The first kappa shape index (κ1) is 16.6. The Morgan fingerprint density at radius 1 is 1.35 bits per heavy atom. The van der Waals surface area contributed by atoms with Crippen LogP contribution < -0.4 is 0 Å². The smallest absolute Gasteiger partial charge is 0.254 e. The van der Waals surface area contributed by atoms with E-state index in [1.54, 1.807) is 6.26 Å². The topological polar surface area (TPSA) is 64.2 Å². The van der Waals surface area contributed by atoms with E-state index in [-0.39, 0.29) is 5.91 Å². The maximum atomic E-state index is 13.0. The van der Waals surface area contributed by atoms with E-state index < -0.39 is 0 Å². The maximum Gasteiger partial charge on any atom is 0.254 e. The molecule has 26 heavy (non-hydrogen) atoms. The van der Waals surface area contributed by atoms with E-state index in [9.17, 15) is 4.79 Å². The van der Waals surface area contributed by atoms with E-state index in [2.05, 4.69) is 16.6 Å². The van der Waals surface area contributed by atoms with Crippen molar-refractivity contribution in [1.29, 1.82) is 0 Å². The molecule has 134 valence electrons. The number of hydrogen-bond acceptors (Lipinski definition) is 4. The summed E-state index contributed by atoms with van der Waals surface area (Å²) in [5, 5.41) is 4.76. The Morgan fingerprint density at radius 3 is 2.96 bits per heavy atom. The average molecular weight is 350 g/mol. The molecule has 0 N–H and O–H groups in total. The van der Waals surface area contributed by atoms with Crippen LogP contribution in [0.4, 0.5) is 0 Å². The summed E-state index contributed by atoms with van der Waals surface area (Å²) in [6.45, 7) is 6.26. The zero-order valence-electron chi connectivity index (χ0n) is 15.1. The Morgan fingerprint density at radius 2 is 2.23 bits per heavy atom. The molecule has 0 saturated carbocycles. The molecule has 1 amide bonds. The van der Waals surface area contributed by atoms with E-state index in [4.69, 9.17) is 9.52 Å². The molecule has 0 fully saturated rings. The zero-order valence-corrected chi connectivity index (χ0v) is 15.1. The highest BCUT2D eigenvalue weighted by molar-refractivity contribution is 5.94. The van der Waals surface area contributed by atoms with Gasteiger partial charge < -0.3 is 9.32 Å². The van der Waals surface area contributed by atoms with Gasteiger partial charge in [-0.25, -0.2) is 4.98 Å². The van der Waals surface area contributed by atoms with Crippen LogP contribution in [0, 0.1) is 6.92 Å². The molecule has 3 heterocycles. The number of benzene rings is 1. The van der Waals surface area contributed by atoms with Gasteiger partial charge >= 0.3 is 0 Å². The zero-order chi connectivity index (χ0) is 18.1. The van der Waals surface area contributed by atoms with E-state index >= 15 is 0 Å². The number of carbonyl (C=O) groups excluding carboxylic acids is 1. The van der Waals surface area contributed by atoms with Gasteiger partial charge in [-0.15, -0.1) is 0 Å². The van der Waals surface area contributed by atoms with Crippen LogP contribution in [0.25, 0.3) is 11.4 Å². The monoisotopic (exact) mass is 350 g/mol. The van der Waals surface area contributed by atoms with Crippen molar-refractivity contribution in [2.45, 2.75) is 39.8 Å². The molecule has 1 aliphatic heterocycles. The summed E-state index contributed by atoms with van der Waals surface area (Å²) >= 11 is 0. The molecule has 0 aliphatic carbocycles.